The van der Waals surface area contributed by atoms with Crippen molar-refractivity contribution in [2.24, 2.45) is 5.73 Å². The Bertz CT molecular complexity index is 539. The van der Waals surface area contributed by atoms with Crippen LogP contribution in [0.4, 0.5) is 0 Å². The number of benzene rings is 1. The van der Waals surface area contributed by atoms with Crippen molar-refractivity contribution in [1.82, 2.24) is 4.90 Å². The Morgan fingerprint density at radius 3 is 2.70 bits per heavy atom. The lowest BCUT2D eigenvalue weighted by molar-refractivity contribution is 0.187. The van der Waals surface area contributed by atoms with Gasteiger partial charge in [0.1, 0.15) is 5.76 Å². The number of furan rings is 1. The third-order valence-corrected chi connectivity index (χ3v) is 4.21. The van der Waals surface area contributed by atoms with Gasteiger partial charge < -0.3 is 10.2 Å². The third kappa shape index (κ3) is 3.51. The molecule has 2 N–H and O–H groups in total. The lowest BCUT2D eigenvalue weighted by atomic mass is 10.0. The summed E-state index contributed by atoms with van der Waals surface area (Å²) in [4.78, 5) is 2.33. The van der Waals surface area contributed by atoms with E-state index in [0.717, 1.165) is 23.3 Å². The molecule has 1 aromatic carbocycles. The Hall–Kier alpha value is -1.10. The van der Waals surface area contributed by atoms with Gasteiger partial charge in [0, 0.05) is 17.1 Å². The van der Waals surface area contributed by atoms with Crippen LogP contribution in [0.1, 0.15) is 29.9 Å². The standard InChI is InChI=1S/C16H21BrN2O/c1-3-19(11-13-5-4-8-20-13)16(10-18)14-7-6-12(2)9-15(14)17/h4-9,16H,3,10-11,18H2,1-2H3. The number of rotatable bonds is 6. The predicted octanol–water partition coefficient (Wildman–Crippen LogP) is 3.87. The number of hydrogen-bond donors (Lipinski definition) is 1. The van der Waals surface area contributed by atoms with Crippen LogP contribution in [0.3, 0.4) is 0 Å². The van der Waals surface area contributed by atoms with Crippen molar-refractivity contribution in [3.05, 3.63) is 58.0 Å². The summed E-state index contributed by atoms with van der Waals surface area (Å²) < 4.78 is 6.57. The van der Waals surface area contributed by atoms with Crippen molar-refractivity contribution in [1.29, 1.82) is 0 Å². The van der Waals surface area contributed by atoms with Gasteiger partial charge in [0.15, 0.2) is 0 Å². The molecule has 20 heavy (non-hydrogen) atoms. The molecular formula is C16H21BrN2O. The molecule has 1 aromatic heterocycles. The molecule has 4 heteroatoms. The molecule has 108 valence electrons. The fourth-order valence-electron chi connectivity index (χ4n) is 2.42. The molecule has 0 fully saturated rings. The lowest BCUT2D eigenvalue weighted by Crippen LogP contribution is -2.33. The minimum atomic E-state index is 0.181. The summed E-state index contributed by atoms with van der Waals surface area (Å²) in [6.07, 6.45) is 1.71. The normalized spacial score (nSPS) is 12.8. The van der Waals surface area contributed by atoms with E-state index in [0.29, 0.717) is 6.54 Å². The van der Waals surface area contributed by atoms with Crippen LogP contribution in [0.5, 0.6) is 0 Å². The summed E-state index contributed by atoms with van der Waals surface area (Å²) in [5, 5.41) is 0. The minimum absolute atomic E-state index is 0.181. The van der Waals surface area contributed by atoms with Gasteiger partial charge in [0.2, 0.25) is 0 Å². The number of halogens is 1. The zero-order valence-corrected chi connectivity index (χ0v) is 13.6. The van der Waals surface area contributed by atoms with Crippen LogP contribution in [0.15, 0.2) is 45.5 Å². The molecule has 3 nitrogen and oxygen atoms in total. The van der Waals surface area contributed by atoms with Crippen molar-refractivity contribution in [3.63, 3.8) is 0 Å². The summed E-state index contributed by atoms with van der Waals surface area (Å²) in [5.41, 5.74) is 8.49. The van der Waals surface area contributed by atoms with Gasteiger partial charge in [0.25, 0.3) is 0 Å². The summed E-state index contributed by atoms with van der Waals surface area (Å²) in [6.45, 7) is 6.50. The SMILES string of the molecule is CCN(Cc1ccco1)C(CN)c1ccc(C)cc1Br. The number of nitrogens with zero attached hydrogens (tertiary/aromatic N) is 1. The summed E-state index contributed by atoms with van der Waals surface area (Å²) in [6, 6.07) is 10.5. The Balaban J connectivity index is 2.24. The largest absolute Gasteiger partial charge is 0.468 e. The Labute approximate surface area is 128 Å². The van der Waals surface area contributed by atoms with Crippen LogP contribution in [0.25, 0.3) is 0 Å². The molecule has 1 atom stereocenters. The van der Waals surface area contributed by atoms with Crippen LogP contribution in [0, 0.1) is 6.92 Å². The molecule has 0 bridgehead atoms. The highest BCUT2D eigenvalue weighted by molar-refractivity contribution is 9.10. The zero-order chi connectivity index (χ0) is 14.5. The maximum absolute atomic E-state index is 6.02. The van der Waals surface area contributed by atoms with Crippen LogP contribution in [0.2, 0.25) is 0 Å². The van der Waals surface area contributed by atoms with Crippen molar-refractivity contribution in [2.45, 2.75) is 26.4 Å². The monoisotopic (exact) mass is 336 g/mol. The molecule has 0 radical (unpaired) electrons. The van der Waals surface area contributed by atoms with Gasteiger partial charge in [-0.15, -0.1) is 0 Å². The van der Waals surface area contributed by atoms with Crippen LogP contribution < -0.4 is 5.73 Å². The van der Waals surface area contributed by atoms with E-state index < -0.39 is 0 Å². The van der Waals surface area contributed by atoms with Crippen molar-refractivity contribution in [2.75, 3.05) is 13.1 Å². The summed E-state index contributed by atoms with van der Waals surface area (Å²) in [5.74, 6) is 0.966. The van der Waals surface area contributed by atoms with Crippen molar-refractivity contribution in [3.8, 4) is 0 Å². The van der Waals surface area contributed by atoms with Gasteiger partial charge in [-0.25, -0.2) is 0 Å². The van der Waals surface area contributed by atoms with E-state index in [1.807, 2.05) is 12.1 Å². The van der Waals surface area contributed by atoms with E-state index in [9.17, 15) is 0 Å². The molecule has 2 rings (SSSR count). The van der Waals surface area contributed by atoms with Crippen LogP contribution in [-0.2, 0) is 6.54 Å². The fourth-order valence-corrected chi connectivity index (χ4v) is 3.18. The molecule has 0 aliphatic heterocycles. The molecule has 0 saturated carbocycles. The number of aryl methyl sites for hydroxylation is 1. The zero-order valence-electron chi connectivity index (χ0n) is 12.0. The summed E-state index contributed by atoms with van der Waals surface area (Å²) in [7, 11) is 0. The molecule has 0 saturated heterocycles. The Morgan fingerprint density at radius 1 is 1.35 bits per heavy atom. The van der Waals surface area contributed by atoms with E-state index >= 15 is 0 Å². The van der Waals surface area contributed by atoms with Crippen molar-refractivity contribution >= 4 is 15.9 Å². The quantitative estimate of drug-likeness (QED) is 0.870. The average Bonchev–Trinajstić information content (AvgIpc) is 2.93. The van der Waals surface area contributed by atoms with Gasteiger partial charge in [0.05, 0.1) is 12.8 Å². The average molecular weight is 337 g/mol. The molecule has 0 aliphatic carbocycles. The first-order valence-electron chi connectivity index (χ1n) is 6.88. The lowest BCUT2D eigenvalue weighted by Gasteiger charge is -2.30. The maximum Gasteiger partial charge on any atom is 0.117 e. The second-order valence-electron chi connectivity index (χ2n) is 4.92. The smallest absolute Gasteiger partial charge is 0.117 e. The van der Waals surface area contributed by atoms with Gasteiger partial charge in [-0.2, -0.15) is 0 Å². The molecule has 1 heterocycles. The highest BCUT2D eigenvalue weighted by Crippen LogP contribution is 2.29. The van der Waals surface area contributed by atoms with Gasteiger partial charge in [-0.05, 0) is 42.8 Å². The second-order valence-corrected chi connectivity index (χ2v) is 5.77. The highest BCUT2D eigenvalue weighted by Gasteiger charge is 2.20. The maximum atomic E-state index is 6.02. The first kappa shape index (κ1) is 15.3. The third-order valence-electron chi connectivity index (χ3n) is 3.52. The topological polar surface area (TPSA) is 42.4 Å². The van der Waals surface area contributed by atoms with Gasteiger partial charge >= 0.3 is 0 Å². The number of hydrogen-bond acceptors (Lipinski definition) is 3. The molecule has 0 spiro atoms. The molecular weight excluding hydrogens is 316 g/mol. The molecule has 0 amide bonds. The second kappa shape index (κ2) is 7.07. The van der Waals surface area contributed by atoms with E-state index in [4.69, 9.17) is 10.2 Å². The Kier molecular flexibility index (Phi) is 5.40. The van der Waals surface area contributed by atoms with E-state index in [2.05, 4.69) is 52.9 Å². The van der Waals surface area contributed by atoms with Crippen LogP contribution >= 0.6 is 15.9 Å². The van der Waals surface area contributed by atoms with Crippen LogP contribution in [-0.4, -0.2) is 18.0 Å². The van der Waals surface area contributed by atoms with Gasteiger partial charge in [-0.3, -0.25) is 4.90 Å². The van der Waals surface area contributed by atoms with E-state index in [-0.39, 0.29) is 6.04 Å². The summed E-state index contributed by atoms with van der Waals surface area (Å²) >= 11 is 3.66. The molecule has 2 aromatic rings. The predicted molar refractivity (Wildman–Crippen MR) is 85.5 cm³/mol. The first-order valence-corrected chi connectivity index (χ1v) is 7.67. The minimum Gasteiger partial charge on any atom is -0.468 e. The Morgan fingerprint density at radius 2 is 2.15 bits per heavy atom. The molecule has 0 aliphatic rings. The van der Waals surface area contributed by atoms with Crippen molar-refractivity contribution < 1.29 is 4.42 Å². The first-order chi connectivity index (χ1) is 9.65. The van der Waals surface area contributed by atoms with E-state index in [1.165, 1.54) is 11.1 Å². The fraction of sp³-hybridized carbons (Fsp3) is 0.375. The van der Waals surface area contributed by atoms with E-state index in [1.54, 1.807) is 6.26 Å². The number of nitrogens with two attached hydrogens (primary N) is 1. The highest BCUT2D eigenvalue weighted by atomic mass is 79.9. The van der Waals surface area contributed by atoms with Gasteiger partial charge in [-0.1, -0.05) is 35.0 Å². The number of likely N-dealkylation sites (N-methyl/N-ethyl adjacent to an activating group) is 1. The molecule has 1 unspecified atom stereocenters.